The van der Waals surface area contributed by atoms with Gasteiger partial charge in [-0.3, -0.25) is 4.79 Å². The van der Waals surface area contributed by atoms with Crippen LogP contribution < -0.4 is 10.1 Å². The highest BCUT2D eigenvalue weighted by Gasteiger charge is 2.49. The predicted octanol–water partition coefficient (Wildman–Crippen LogP) is 3.47. The van der Waals surface area contributed by atoms with E-state index in [1.54, 1.807) is 30.3 Å². The topological polar surface area (TPSA) is 99.4 Å². The maximum absolute atomic E-state index is 12.7. The number of ether oxygens (including phenoxy) is 1. The Morgan fingerprint density at radius 3 is 2.67 bits per heavy atom. The molecular weight excluding hydrogens is 344 g/mol. The summed E-state index contributed by atoms with van der Waals surface area (Å²) in [4.78, 5) is 24.0. The average molecular weight is 362 g/mol. The fraction of sp³-hybridized carbons (Fsp3) is 0.286. The number of nitrogens with one attached hydrogen (secondary N) is 1. The van der Waals surface area contributed by atoms with Crippen molar-refractivity contribution in [1.82, 2.24) is 0 Å². The van der Waals surface area contributed by atoms with E-state index in [9.17, 15) is 20.0 Å². The molecule has 27 heavy (non-hydrogen) atoms. The quantitative estimate of drug-likeness (QED) is 0.871. The maximum atomic E-state index is 12.7. The highest BCUT2D eigenvalue weighted by Crippen LogP contribution is 2.48. The molecule has 4 rings (SSSR count). The van der Waals surface area contributed by atoms with Gasteiger partial charge in [-0.15, -0.1) is 0 Å². The van der Waals surface area contributed by atoms with E-state index in [2.05, 4.69) is 11.4 Å². The second-order valence-corrected chi connectivity index (χ2v) is 7.03. The Balaban J connectivity index is 1.55. The lowest BCUT2D eigenvalue weighted by molar-refractivity contribution is -0.122. The van der Waals surface area contributed by atoms with Crippen LogP contribution in [-0.2, 0) is 10.2 Å². The second kappa shape index (κ2) is 6.44. The molecule has 136 valence electrons. The summed E-state index contributed by atoms with van der Waals surface area (Å²) >= 11 is 0. The van der Waals surface area contributed by atoms with Gasteiger partial charge in [0.15, 0.2) is 0 Å². The van der Waals surface area contributed by atoms with Gasteiger partial charge in [-0.1, -0.05) is 12.1 Å². The average Bonchev–Trinajstić information content (AvgIpc) is 2.95. The van der Waals surface area contributed by atoms with E-state index >= 15 is 0 Å². The summed E-state index contributed by atoms with van der Waals surface area (Å²) in [5.41, 5.74) is 1.44. The first-order chi connectivity index (χ1) is 13.0. The van der Waals surface area contributed by atoms with Crippen molar-refractivity contribution >= 4 is 17.6 Å². The van der Waals surface area contributed by atoms with Crippen LogP contribution in [0.15, 0.2) is 42.5 Å². The minimum absolute atomic E-state index is 0.0732. The second-order valence-electron chi connectivity index (χ2n) is 7.03. The smallest absolute Gasteiger partial charge is 0.335 e. The number of amides is 1. The van der Waals surface area contributed by atoms with E-state index in [1.807, 2.05) is 6.07 Å². The summed E-state index contributed by atoms with van der Waals surface area (Å²) in [6, 6.07) is 14.0. The Morgan fingerprint density at radius 2 is 1.96 bits per heavy atom. The Morgan fingerprint density at radius 1 is 1.22 bits per heavy atom. The molecular formula is C21H18N2O4. The van der Waals surface area contributed by atoms with Gasteiger partial charge in [-0.25, -0.2) is 4.79 Å². The Kier molecular flexibility index (Phi) is 4.08. The van der Waals surface area contributed by atoms with Crippen LogP contribution in [0.4, 0.5) is 5.69 Å². The summed E-state index contributed by atoms with van der Waals surface area (Å²) < 4.78 is 6.02. The van der Waals surface area contributed by atoms with Gasteiger partial charge in [0.05, 0.1) is 22.6 Å². The zero-order chi connectivity index (χ0) is 19.0. The van der Waals surface area contributed by atoms with Crippen LogP contribution in [0.1, 0.15) is 47.2 Å². The number of nitriles is 1. The Hall–Kier alpha value is -3.33. The summed E-state index contributed by atoms with van der Waals surface area (Å²) in [6.45, 7) is 0. The standard InChI is InChI=1S/C21H18N2O4/c22-12-14-3-1-2-4-18(14)27-15-7-9-21(10-8-15)16-11-13(19(24)25)5-6-17(16)23-20(21)26/h1-6,11,15H,7-10H2,(H,23,26)(H,24,25). The Labute approximate surface area is 156 Å². The first-order valence-electron chi connectivity index (χ1n) is 8.88. The number of hydrogen-bond donors (Lipinski definition) is 2. The van der Waals surface area contributed by atoms with Gasteiger partial charge in [-0.05, 0) is 61.6 Å². The number of carbonyl (C=O) groups excluding carboxylic acids is 1. The van der Waals surface area contributed by atoms with Crippen LogP contribution in [0.2, 0.25) is 0 Å². The van der Waals surface area contributed by atoms with Crippen molar-refractivity contribution < 1.29 is 19.4 Å². The number of fused-ring (bicyclic) bond motifs is 2. The minimum Gasteiger partial charge on any atom is -0.489 e. The number of hydrogen-bond acceptors (Lipinski definition) is 4. The third-order valence-electron chi connectivity index (χ3n) is 5.55. The first-order valence-corrected chi connectivity index (χ1v) is 8.88. The van der Waals surface area contributed by atoms with Gasteiger partial charge < -0.3 is 15.2 Å². The molecule has 2 aliphatic rings. The van der Waals surface area contributed by atoms with Crippen LogP contribution in [0.5, 0.6) is 5.75 Å². The summed E-state index contributed by atoms with van der Waals surface area (Å²) in [5, 5.41) is 21.4. The lowest BCUT2D eigenvalue weighted by Gasteiger charge is -2.36. The molecule has 2 aromatic carbocycles. The molecule has 1 aliphatic carbocycles. The maximum Gasteiger partial charge on any atom is 0.335 e. The molecule has 1 heterocycles. The molecule has 1 saturated carbocycles. The van der Waals surface area contributed by atoms with Gasteiger partial charge in [0.25, 0.3) is 0 Å². The molecule has 6 heteroatoms. The molecule has 0 radical (unpaired) electrons. The van der Waals surface area contributed by atoms with Gasteiger partial charge in [-0.2, -0.15) is 5.26 Å². The number of carbonyl (C=O) groups is 2. The van der Waals surface area contributed by atoms with Crippen LogP contribution in [0.3, 0.4) is 0 Å². The number of rotatable bonds is 3. The molecule has 2 N–H and O–H groups in total. The molecule has 0 saturated heterocycles. The largest absolute Gasteiger partial charge is 0.489 e. The zero-order valence-electron chi connectivity index (χ0n) is 14.6. The lowest BCUT2D eigenvalue weighted by Crippen LogP contribution is -2.41. The summed E-state index contributed by atoms with van der Waals surface area (Å²) in [6.07, 6.45) is 2.39. The number of aromatic carboxylic acids is 1. The van der Waals surface area contributed by atoms with Crippen molar-refractivity contribution in [3.05, 3.63) is 59.2 Å². The molecule has 1 amide bonds. The molecule has 1 aliphatic heterocycles. The Bertz CT molecular complexity index is 968. The number of carboxylic acid groups (broad SMARTS) is 1. The van der Waals surface area contributed by atoms with E-state index in [1.165, 1.54) is 6.07 Å². The zero-order valence-corrected chi connectivity index (χ0v) is 14.6. The SMILES string of the molecule is N#Cc1ccccc1OC1CCC2(CC1)C(=O)Nc1ccc(C(=O)O)cc12. The third kappa shape index (κ3) is 2.81. The lowest BCUT2D eigenvalue weighted by atomic mass is 9.69. The normalized spacial score (nSPS) is 23.4. The third-order valence-corrected chi connectivity index (χ3v) is 5.55. The number of carboxylic acids is 1. The molecule has 0 bridgehead atoms. The van der Waals surface area contributed by atoms with Crippen molar-refractivity contribution in [3.8, 4) is 11.8 Å². The molecule has 1 fully saturated rings. The van der Waals surface area contributed by atoms with Crippen molar-refractivity contribution in [2.75, 3.05) is 5.32 Å². The number of benzene rings is 2. The first kappa shape index (κ1) is 17.1. The van der Waals surface area contributed by atoms with E-state index in [0.717, 1.165) is 5.56 Å². The van der Waals surface area contributed by atoms with Crippen molar-refractivity contribution in [2.45, 2.75) is 37.2 Å². The van der Waals surface area contributed by atoms with Crippen molar-refractivity contribution in [1.29, 1.82) is 5.26 Å². The molecule has 0 aromatic heterocycles. The van der Waals surface area contributed by atoms with Gasteiger partial charge in [0, 0.05) is 5.69 Å². The predicted molar refractivity (Wildman–Crippen MR) is 97.8 cm³/mol. The summed E-state index contributed by atoms with van der Waals surface area (Å²) in [7, 11) is 0. The van der Waals surface area contributed by atoms with Crippen LogP contribution >= 0.6 is 0 Å². The van der Waals surface area contributed by atoms with E-state index in [4.69, 9.17) is 4.74 Å². The molecule has 0 atom stereocenters. The molecule has 6 nitrogen and oxygen atoms in total. The van der Waals surface area contributed by atoms with Gasteiger partial charge in [0.1, 0.15) is 11.8 Å². The van der Waals surface area contributed by atoms with E-state index < -0.39 is 11.4 Å². The molecule has 0 unspecified atom stereocenters. The highest BCUT2D eigenvalue weighted by molar-refractivity contribution is 6.07. The van der Waals surface area contributed by atoms with Crippen molar-refractivity contribution in [2.24, 2.45) is 0 Å². The van der Waals surface area contributed by atoms with Gasteiger partial charge >= 0.3 is 5.97 Å². The number of anilines is 1. The van der Waals surface area contributed by atoms with Crippen LogP contribution in [0.25, 0.3) is 0 Å². The number of para-hydroxylation sites is 1. The summed E-state index contributed by atoms with van der Waals surface area (Å²) in [5.74, 6) is -0.515. The molecule has 1 spiro atoms. The fourth-order valence-electron chi connectivity index (χ4n) is 4.09. The minimum atomic E-state index is -1.00. The van der Waals surface area contributed by atoms with Crippen LogP contribution in [0, 0.1) is 11.3 Å². The fourth-order valence-corrected chi connectivity index (χ4v) is 4.09. The van der Waals surface area contributed by atoms with E-state index in [0.29, 0.717) is 42.7 Å². The van der Waals surface area contributed by atoms with Crippen LogP contribution in [-0.4, -0.2) is 23.1 Å². The highest BCUT2D eigenvalue weighted by atomic mass is 16.5. The number of nitrogens with zero attached hydrogens (tertiary/aromatic N) is 1. The van der Waals surface area contributed by atoms with Gasteiger partial charge in [0.2, 0.25) is 5.91 Å². The monoisotopic (exact) mass is 362 g/mol. The van der Waals surface area contributed by atoms with E-state index in [-0.39, 0.29) is 17.6 Å². The molecule has 2 aromatic rings. The van der Waals surface area contributed by atoms with Crippen molar-refractivity contribution in [3.63, 3.8) is 0 Å².